The largest absolute Gasteiger partial charge is 0.481 e. The number of aliphatic carboxylic acids is 1. The highest BCUT2D eigenvalue weighted by molar-refractivity contribution is 5.78. The van der Waals surface area contributed by atoms with Crippen LogP contribution in [-0.2, 0) is 16.1 Å². The molecule has 1 aromatic heterocycles. The second-order valence-electron chi connectivity index (χ2n) is 6.88. The Morgan fingerprint density at radius 1 is 1.38 bits per heavy atom. The van der Waals surface area contributed by atoms with E-state index in [1.807, 2.05) is 25.1 Å². The number of rotatable bonds is 6. The summed E-state index contributed by atoms with van der Waals surface area (Å²) in [6, 6.07) is 5.59. The standard InChI is InChI=1S/C18H23N5O3/c1-11-15(19)4-3-5-16(11)23-10-13(20-21-23)9-22(2)17(24)8-12-6-7-14(12)18(25)26/h3-5,10,12,14H,6-9,19H2,1-2H3,(H,25,26)/t12-,14+/m0/s1. The van der Waals surface area contributed by atoms with Crippen molar-refractivity contribution in [3.8, 4) is 5.69 Å². The lowest BCUT2D eigenvalue weighted by Crippen LogP contribution is -2.37. The van der Waals surface area contributed by atoms with E-state index in [0.717, 1.165) is 17.7 Å². The van der Waals surface area contributed by atoms with Crippen molar-refractivity contribution >= 4 is 17.6 Å². The lowest BCUT2D eigenvalue weighted by molar-refractivity contribution is -0.149. The Morgan fingerprint density at radius 3 is 2.81 bits per heavy atom. The van der Waals surface area contributed by atoms with E-state index in [9.17, 15) is 9.59 Å². The highest BCUT2D eigenvalue weighted by atomic mass is 16.4. The molecule has 1 fully saturated rings. The molecule has 2 atom stereocenters. The van der Waals surface area contributed by atoms with Gasteiger partial charge in [0.05, 0.1) is 24.3 Å². The van der Waals surface area contributed by atoms with E-state index in [1.165, 1.54) is 0 Å². The summed E-state index contributed by atoms with van der Waals surface area (Å²) in [4.78, 5) is 25.0. The molecule has 8 heteroatoms. The van der Waals surface area contributed by atoms with E-state index in [-0.39, 0.29) is 24.2 Å². The van der Waals surface area contributed by atoms with Gasteiger partial charge in [-0.1, -0.05) is 11.3 Å². The molecule has 1 aliphatic carbocycles. The quantitative estimate of drug-likeness (QED) is 0.759. The van der Waals surface area contributed by atoms with Crippen molar-refractivity contribution in [2.24, 2.45) is 11.8 Å². The second-order valence-corrected chi connectivity index (χ2v) is 6.88. The Morgan fingerprint density at radius 2 is 2.15 bits per heavy atom. The van der Waals surface area contributed by atoms with E-state index in [2.05, 4.69) is 10.3 Å². The number of carboxylic acid groups (broad SMARTS) is 1. The van der Waals surface area contributed by atoms with Gasteiger partial charge in [0.25, 0.3) is 0 Å². The summed E-state index contributed by atoms with van der Waals surface area (Å²) in [5, 5.41) is 17.3. The van der Waals surface area contributed by atoms with Gasteiger partial charge in [0.2, 0.25) is 5.91 Å². The van der Waals surface area contributed by atoms with Crippen LogP contribution in [0.15, 0.2) is 24.4 Å². The van der Waals surface area contributed by atoms with Crippen LogP contribution in [0.2, 0.25) is 0 Å². The third-order valence-electron chi connectivity index (χ3n) is 5.13. The molecular weight excluding hydrogens is 334 g/mol. The molecule has 0 spiro atoms. The van der Waals surface area contributed by atoms with Crippen molar-refractivity contribution in [1.29, 1.82) is 0 Å². The minimum absolute atomic E-state index is 0.0620. The average molecular weight is 357 g/mol. The molecule has 138 valence electrons. The maximum absolute atomic E-state index is 12.4. The number of anilines is 1. The first kappa shape index (κ1) is 17.9. The highest BCUT2D eigenvalue weighted by Crippen LogP contribution is 2.37. The number of benzene rings is 1. The van der Waals surface area contributed by atoms with Crippen LogP contribution >= 0.6 is 0 Å². The van der Waals surface area contributed by atoms with Crippen molar-refractivity contribution in [2.45, 2.75) is 32.7 Å². The zero-order valence-electron chi connectivity index (χ0n) is 14.9. The summed E-state index contributed by atoms with van der Waals surface area (Å²) in [5.74, 6) is -1.33. The zero-order chi connectivity index (χ0) is 18.8. The maximum Gasteiger partial charge on any atom is 0.306 e. The third-order valence-corrected chi connectivity index (χ3v) is 5.13. The normalized spacial score (nSPS) is 19.0. The molecular formula is C18H23N5O3. The summed E-state index contributed by atoms with van der Waals surface area (Å²) < 4.78 is 1.64. The number of carbonyl (C=O) groups excluding carboxylic acids is 1. The van der Waals surface area contributed by atoms with Crippen LogP contribution in [-0.4, -0.2) is 43.9 Å². The summed E-state index contributed by atoms with van der Waals surface area (Å²) in [6.07, 6.45) is 3.48. The molecule has 1 aromatic carbocycles. The predicted molar refractivity (Wildman–Crippen MR) is 95.4 cm³/mol. The second kappa shape index (κ2) is 7.15. The maximum atomic E-state index is 12.4. The van der Waals surface area contributed by atoms with Crippen LogP contribution in [0, 0.1) is 18.8 Å². The zero-order valence-corrected chi connectivity index (χ0v) is 14.9. The minimum Gasteiger partial charge on any atom is -0.481 e. The highest BCUT2D eigenvalue weighted by Gasteiger charge is 2.38. The van der Waals surface area contributed by atoms with Crippen LogP contribution in [0.1, 0.15) is 30.5 Å². The van der Waals surface area contributed by atoms with Crippen LogP contribution in [0.25, 0.3) is 5.69 Å². The molecule has 3 rings (SSSR count). The van der Waals surface area contributed by atoms with Gasteiger partial charge in [0, 0.05) is 19.2 Å². The number of nitrogens with two attached hydrogens (primary N) is 1. The predicted octanol–water partition coefficient (Wildman–Crippen LogP) is 1.62. The van der Waals surface area contributed by atoms with E-state index in [1.54, 1.807) is 22.8 Å². The van der Waals surface area contributed by atoms with Gasteiger partial charge in [-0.05, 0) is 43.4 Å². The van der Waals surface area contributed by atoms with Gasteiger partial charge < -0.3 is 15.7 Å². The van der Waals surface area contributed by atoms with Crippen LogP contribution in [0.3, 0.4) is 0 Å². The first-order chi connectivity index (χ1) is 12.4. The topological polar surface area (TPSA) is 114 Å². The third kappa shape index (κ3) is 3.54. The molecule has 1 amide bonds. The lowest BCUT2D eigenvalue weighted by atomic mass is 9.72. The molecule has 8 nitrogen and oxygen atoms in total. The van der Waals surface area contributed by atoms with Crippen molar-refractivity contribution in [3.63, 3.8) is 0 Å². The van der Waals surface area contributed by atoms with Gasteiger partial charge in [0.15, 0.2) is 0 Å². The van der Waals surface area contributed by atoms with E-state index < -0.39 is 5.97 Å². The van der Waals surface area contributed by atoms with E-state index in [4.69, 9.17) is 10.8 Å². The number of hydrogen-bond acceptors (Lipinski definition) is 5. The smallest absolute Gasteiger partial charge is 0.306 e. The van der Waals surface area contributed by atoms with Gasteiger partial charge >= 0.3 is 5.97 Å². The molecule has 1 aliphatic rings. The Balaban J connectivity index is 1.62. The fourth-order valence-corrected chi connectivity index (χ4v) is 3.23. The summed E-state index contributed by atoms with van der Waals surface area (Å²) in [6.45, 7) is 2.24. The fourth-order valence-electron chi connectivity index (χ4n) is 3.23. The molecule has 3 N–H and O–H groups in total. The van der Waals surface area contributed by atoms with Crippen molar-refractivity contribution in [2.75, 3.05) is 12.8 Å². The molecule has 0 unspecified atom stereocenters. The molecule has 1 heterocycles. The number of hydrogen-bond donors (Lipinski definition) is 2. The summed E-state index contributed by atoms with van der Waals surface area (Å²) >= 11 is 0. The van der Waals surface area contributed by atoms with Gasteiger partial charge in [-0.15, -0.1) is 5.10 Å². The molecule has 26 heavy (non-hydrogen) atoms. The van der Waals surface area contributed by atoms with Gasteiger partial charge in [-0.3, -0.25) is 9.59 Å². The lowest BCUT2D eigenvalue weighted by Gasteiger charge is -2.33. The monoisotopic (exact) mass is 357 g/mol. The van der Waals surface area contributed by atoms with Gasteiger partial charge in [-0.25, -0.2) is 4.68 Å². The first-order valence-corrected chi connectivity index (χ1v) is 8.60. The first-order valence-electron chi connectivity index (χ1n) is 8.60. The van der Waals surface area contributed by atoms with Crippen LogP contribution in [0.4, 0.5) is 5.69 Å². The molecule has 0 radical (unpaired) electrons. The van der Waals surface area contributed by atoms with Crippen molar-refractivity contribution in [3.05, 3.63) is 35.7 Å². The Kier molecular flexibility index (Phi) is 4.92. The minimum atomic E-state index is -0.808. The Bertz CT molecular complexity index is 832. The van der Waals surface area contributed by atoms with Gasteiger partial charge in [0.1, 0.15) is 5.69 Å². The number of nitrogens with zero attached hydrogens (tertiary/aromatic N) is 4. The molecule has 0 saturated heterocycles. The SMILES string of the molecule is Cc1c(N)cccc1-n1cc(CN(C)C(=O)C[C@@H]2CC[C@H]2C(=O)O)nn1. The Hall–Kier alpha value is -2.90. The number of nitrogen functional groups attached to an aromatic ring is 1. The number of carbonyl (C=O) groups is 2. The van der Waals surface area contributed by atoms with Crippen molar-refractivity contribution in [1.82, 2.24) is 19.9 Å². The fraction of sp³-hybridized carbons (Fsp3) is 0.444. The van der Waals surface area contributed by atoms with Gasteiger partial charge in [-0.2, -0.15) is 0 Å². The average Bonchev–Trinajstić information content (AvgIpc) is 3.01. The van der Waals surface area contributed by atoms with E-state index in [0.29, 0.717) is 24.3 Å². The number of amides is 1. The summed E-state index contributed by atoms with van der Waals surface area (Å²) in [5.41, 5.74) is 9.02. The number of carboxylic acids is 1. The molecule has 2 aromatic rings. The molecule has 1 saturated carbocycles. The van der Waals surface area contributed by atoms with E-state index >= 15 is 0 Å². The molecule has 0 aliphatic heterocycles. The molecule has 0 bridgehead atoms. The summed E-state index contributed by atoms with van der Waals surface area (Å²) in [7, 11) is 1.70. The Labute approximate surface area is 151 Å². The van der Waals surface area contributed by atoms with Crippen molar-refractivity contribution < 1.29 is 14.7 Å². The number of aromatic nitrogens is 3. The van der Waals surface area contributed by atoms with Crippen LogP contribution < -0.4 is 5.73 Å². The van der Waals surface area contributed by atoms with Crippen LogP contribution in [0.5, 0.6) is 0 Å².